The number of carbonyl (C=O) groups excluding carboxylic acids is 1. The minimum absolute atomic E-state index is 0.143. The van der Waals surface area contributed by atoms with E-state index in [1.165, 1.54) is 0 Å². The van der Waals surface area contributed by atoms with Crippen molar-refractivity contribution in [2.45, 2.75) is 37.1 Å². The first-order valence-electron chi connectivity index (χ1n) is 10.3. The second kappa shape index (κ2) is 9.06. The molecule has 2 aromatic carbocycles. The minimum Gasteiger partial charge on any atom is -0.486 e. The van der Waals surface area contributed by atoms with Crippen molar-refractivity contribution in [1.82, 2.24) is 9.62 Å². The lowest BCUT2D eigenvalue weighted by Gasteiger charge is -2.25. The Labute approximate surface area is 177 Å². The molecule has 0 aromatic heterocycles. The quantitative estimate of drug-likeness (QED) is 0.761. The number of amides is 1. The number of ether oxygens (including phenoxy) is 2. The number of sulfonamides is 1. The molecule has 0 unspecified atom stereocenters. The van der Waals surface area contributed by atoms with Crippen LogP contribution in [0.5, 0.6) is 11.5 Å². The van der Waals surface area contributed by atoms with Crippen molar-refractivity contribution in [2.24, 2.45) is 0 Å². The SMILES string of the molecule is O=C(Cc1ccc(S(=O)(=O)N2CCCCC2)cc1)NCc1cccc2c1OCCO2. The zero-order valence-electron chi connectivity index (χ0n) is 16.8. The lowest BCUT2D eigenvalue weighted by molar-refractivity contribution is -0.120. The van der Waals surface area contributed by atoms with Crippen molar-refractivity contribution < 1.29 is 22.7 Å². The third kappa shape index (κ3) is 4.60. The number of fused-ring (bicyclic) bond motifs is 1. The maximum atomic E-state index is 12.7. The van der Waals surface area contributed by atoms with Crippen molar-refractivity contribution in [3.8, 4) is 11.5 Å². The molecule has 7 nitrogen and oxygen atoms in total. The number of carbonyl (C=O) groups is 1. The number of para-hydroxylation sites is 1. The Morgan fingerprint density at radius 2 is 1.70 bits per heavy atom. The fourth-order valence-corrected chi connectivity index (χ4v) is 5.27. The smallest absolute Gasteiger partial charge is 0.243 e. The third-order valence-electron chi connectivity index (χ3n) is 5.36. The Morgan fingerprint density at radius 3 is 2.47 bits per heavy atom. The van der Waals surface area contributed by atoms with E-state index in [1.807, 2.05) is 18.2 Å². The Balaban J connectivity index is 1.35. The molecule has 0 atom stereocenters. The van der Waals surface area contributed by atoms with Gasteiger partial charge in [0.1, 0.15) is 13.2 Å². The molecule has 2 heterocycles. The molecule has 0 aliphatic carbocycles. The van der Waals surface area contributed by atoms with Crippen LogP contribution >= 0.6 is 0 Å². The van der Waals surface area contributed by atoms with Crippen LogP contribution in [0.3, 0.4) is 0 Å². The van der Waals surface area contributed by atoms with Gasteiger partial charge in [0.2, 0.25) is 15.9 Å². The van der Waals surface area contributed by atoms with Crippen LogP contribution in [-0.2, 0) is 27.8 Å². The highest BCUT2D eigenvalue weighted by Gasteiger charge is 2.25. The first-order valence-corrected chi connectivity index (χ1v) is 11.7. The number of piperidine rings is 1. The fourth-order valence-electron chi connectivity index (χ4n) is 3.75. The largest absolute Gasteiger partial charge is 0.486 e. The summed E-state index contributed by atoms with van der Waals surface area (Å²) >= 11 is 0. The van der Waals surface area contributed by atoms with Gasteiger partial charge < -0.3 is 14.8 Å². The summed E-state index contributed by atoms with van der Waals surface area (Å²) in [6.07, 6.45) is 3.06. The number of benzene rings is 2. The van der Waals surface area contributed by atoms with Crippen molar-refractivity contribution in [3.63, 3.8) is 0 Å². The molecule has 0 radical (unpaired) electrons. The van der Waals surface area contributed by atoms with Gasteiger partial charge in [-0.1, -0.05) is 30.7 Å². The molecule has 2 aromatic rings. The van der Waals surface area contributed by atoms with Crippen LogP contribution in [-0.4, -0.2) is 44.9 Å². The summed E-state index contributed by atoms with van der Waals surface area (Å²) in [5.41, 5.74) is 1.63. The average molecular weight is 431 g/mol. The van der Waals surface area contributed by atoms with E-state index >= 15 is 0 Å². The highest BCUT2D eigenvalue weighted by molar-refractivity contribution is 7.89. The molecule has 0 spiro atoms. The lowest BCUT2D eigenvalue weighted by atomic mass is 10.1. The number of rotatable bonds is 6. The number of nitrogens with zero attached hydrogens (tertiary/aromatic N) is 1. The Hall–Kier alpha value is -2.58. The van der Waals surface area contributed by atoms with Gasteiger partial charge in [-0.25, -0.2) is 8.42 Å². The third-order valence-corrected chi connectivity index (χ3v) is 7.28. The second-order valence-electron chi connectivity index (χ2n) is 7.50. The standard InChI is InChI=1S/C22H26N2O5S/c25-21(23-16-18-5-4-6-20-22(18)29-14-13-28-20)15-17-7-9-19(10-8-17)30(26,27)24-11-2-1-3-12-24/h4-10H,1-3,11-16H2,(H,23,25). The van der Waals surface area contributed by atoms with Crippen LogP contribution in [0.1, 0.15) is 30.4 Å². The Kier molecular flexibility index (Phi) is 6.24. The first-order chi connectivity index (χ1) is 14.5. The van der Waals surface area contributed by atoms with Crippen molar-refractivity contribution in [1.29, 1.82) is 0 Å². The maximum Gasteiger partial charge on any atom is 0.243 e. The topological polar surface area (TPSA) is 84.9 Å². The van der Waals surface area contributed by atoms with E-state index in [0.29, 0.717) is 44.3 Å². The minimum atomic E-state index is -3.46. The summed E-state index contributed by atoms with van der Waals surface area (Å²) in [5, 5.41) is 2.89. The molecular weight excluding hydrogens is 404 g/mol. The van der Waals surface area contributed by atoms with E-state index in [0.717, 1.165) is 30.4 Å². The van der Waals surface area contributed by atoms with Gasteiger partial charge in [-0.15, -0.1) is 0 Å². The summed E-state index contributed by atoms with van der Waals surface area (Å²) in [4.78, 5) is 12.7. The molecule has 8 heteroatoms. The van der Waals surface area contributed by atoms with Crippen LogP contribution in [0, 0.1) is 0 Å². The lowest BCUT2D eigenvalue weighted by Crippen LogP contribution is -2.35. The first kappa shape index (κ1) is 20.7. The van der Waals surface area contributed by atoms with E-state index in [1.54, 1.807) is 28.6 Å². The molecule has 30 heavy (non-hydrogen) atoms. The van der Waals surface area contributed by atoms with Crippen molar-refractivity contribution in [2.75, 3.05) is 26.3 Å². The molecule has 0 bridgehead atoms. The Bertz CT molecular complexity index is 999. The average Bonchev–Trinajstić information content (AvgIpc) is 2.78. The molecule has 2 aliphatic rings. The molecule has 2 aliphatic heterocycles. The maximum absolute atomic E-state index is 12.7. The molecule has 1 saturated heterocycles. The number of hydrogen-bond donors (Lipinski definition) is 1. The van der Waals surface area contributed by atoms with Gasteiger partial charge in [0.25, 0.3) is 0 Å². The summed E-state index contributed by atoms with van der Waals surface area (Å²) in [6.45, 7) is 2.50. The van der Waals surface area contributed by atoms with Gasteiger partial charge in [0, 0.05) is 25.2 Å². The van der Waals surface area contributed by atoms with Crippen molar-refractivity contribution >= 4 is 15.9 Å². The van der Waals surface area contributed by atoms with Crippen LogP contribution in [0.15, 0.2) is 47.4 Å². The van der Waals surface area contributed by atoms with Gasteiger partial charge >= 0.3 is 0 Å². The van der Waals surface area contributed by atoms with Crippen LogP contribution in [0.25, 0.3) is 0 Å². The van der Waals surface area contributed by atoms with E-state index in [9.17, 15) is 13.2 Å². The van der Waals surface area contributed by atoms with Gasteiger partial charge in [-0.05, 0) is 36.6 Å². The van der Waals surface area contributed by atoms with Crippen LogP contribution in [0.2, 0.25) is 0 Å². The van der Waals surface area contributed by atoms with E-state index in [4.69, 9.17) is 9.47 Å². The highest BCUT2D eigenvalue weighted by atomic mass is 32.2. The summed E-state index contributed by atoms with van der Waals surface area (Å²) in [5.74, 6) is 1.23. The summed E-state index contributed by atoms with van der Waals surface area (Å²) < 4.78 is 38.2. The monoisotopic (exact) mass is 430 g/mol. The normalized spacial score (nSPS) is 16.8. The predicted molar refractivity (Wildman–Crippen MR) is 112 cm³/mol. The van der Waals surface area contributed by atoms with Gasteiger partial charge in [-0.2, -0.15) is 4.31 Å². The molecule has 4 rings (SSSR count). The highest BCUT2D eigenvalue weighted by Crippen LogP contribution is 2.33. The molecule has 1 fully saturated rings. The predicted octanol–water partition coefficient (Wildman–Crippen LogP) is 2.49. The summed E-state index contributed by atoms with van der Waals surface area (Å²) in [7, 11) is -3.46. The number of hydrogen-bond acceptors (Lipinski definition) is 5. The number of nitrogens with one attached hydrogen (secondary N) is 1. The molecule has 160 valence electrons. The Morgan fingerprint density at radius 1 is 0.967 bits per heavy atom. The van der Waals surface area contributed by atoms with E-state index in [-0.39, 0.29) is 17.2 Å². The van der Waals surface area contributed by atoms with Crippen molar-refractivity contribution in [3.05, 3.63) is 53.6 Å². The van der Waals surface area contributed by atoms with E-state index in [2.05, 4.69) is 5.32 Å². The zero-order valence-corrected chi connectivity index (χ0v) is 17.6. The van der Waals surface area contributed by atoms with Gasteiger partial charge in [0.15, 0.2) is 11.5 Å². The molecular formula is C22H26N2O5S. The van der Waals surface area contributed by atoms with Gasteiger partial charge in [-0.3, -0.25) is 4.79 Å². The zero-order chi connectivity index (χ0) is 21.0. The van der Waals surface area contributed by atoms with Crippen LogP contribution < -0.4 is 14.8 Å². The molecule has 1 amide bonds. The van der Waals surface area contributed by atoms with Gasteiger partial charge in [0.05, 0.1) is 11.3 Å². The second-order valence-corrected chi connectivity index (χ2v) is 9.44. The molecule has 1 N–H and O–H groups in total. The van der Waals surface area contributed by atoms with Crippen LogP contribution in [0.4, 0.5) is 0 Å². The summed E-state index contributed by atoms with van der Waals surface area (Å²) in [6, 6.07) is 12.2. The molecule has 0 saturated carbocycles. The van der Waals surface area contributed by atoms with E-state index < -0.39 is 10.0 Å². The fraction of sp³-hybridized carbons (Fsp3) is 0.409.